The minimum atomic E-state index is -0.443. The van der Waals surface area contributed by atoms with Crippen molar-refractivity contribution in [3.05, 3.63) is 65.0 Å². The summed E-state index contributed by atoms with van der Waals surface area (Å²) in [5.41, 5.74) is 1.52. The predicted octanol–water partition coefficient (Wildman–Crippen LogP) is 3.37. The Hall–Kier alpha value is -1.81. The Labute approximate surface area is 111 Å². The van der Waals surface area contributed by atoms with Gasteiger partial charge in [-0.2, -0.15) is 0 Å². The Morgan fingerprint density at radius 3 is 2.63 bits per heavy atom. The Morgan fingerprint density at radius 2 is 2.00 bits per heavy atom. The Kier molecular flexibility index (Phi) is 4.22. The van der Waals surface area contributed by atoms with E-state index in [1.807, 2.05) is 6.92 Å². The van der Waals surface area contributed by atoms with Crippen molar-refractivity contribution in [2.75, 3.05) is 6.54 Å². The Balaban J connectivity index is 2.45. The third-order valence-corrected chi connectivity index (χ3v) is 3.00. The fourth-order valence-corrected chi connectivity index (χ4v) is 1.98. The molecule has 4 heteroatoms. The van der Waals surface area contributed by atoms with Gasteiger partial charge in [-0.15, -0.1) is 0 Å². The molecule has 2 rings (SSSR count). The number of hydrogen-bond acceptors (Lipinski definition) is 2. The number of hydrogen-bond donors (Lipinski definition) is 1. The molecule has 1 unspecified atom stereocenters. The van der Waals surface area contributed by atoms with Gasteiger partial charge in [-0.1, -0.05) is 19.1 Å². The van der Waals surface area contributed by atoms with Gasteiger partial charge < -0.3 is 5.32 Å². The van der Waals surface area contributed by atoms with E-state index in [0.717, 1.165) is 0 Å². The summed E-state index contributed by atoms with van der Waals surface area (Å²) in [5, 5.41) is 3.13. The van der Waals surface area contributed by atoms with E-state index < -0.39 is 11.9 Å². The number of aryl methyl sites for hydroxylation is 1. The van der Waals surface area contributed by atoms with Gasteiger partial charge in [0.25, 0.3) is 0 Å². The fourth-order valence-electron chi connectivity index (χ4n) is 1.98. The summed E-state index contributed by atoms with van der Waals surface area (Å²) in [6.45, 7) is 4.25. The first-order valence-corrected chi connectivity index (χ1v) is 6.23. The van der Waals surface area contributed by atoms with Crippen LogP contribution in [0.1, 0.15) is 29.8 Å². The summed E-state index contributed by atoms with van der Waals surface area (Å²) >= 11 is 0. The molecule has 0 fully saturated rings. The molecular weight excluding hydrogens is 246 g/mol. The van der Waals surface area contributed by atoms with Crippen molar-refractivity contribution < 1.29 is 8.78 Å². The molecular formula is C15H16F2N2. The molecule has 0 aliphatic heterocycles. The molecule has 0 amide bonds. The van der Waals surface area contributed by atoms with Crippen LogP contribution in [-0.4, -0.2) is 11.5 Å². The minimum absolute atomic E-state index is 0.285. The molecule has 0 aliphatic rings. The average Bonchev–Trinajstić information content (AvgIpc) is 2.40. The molecule has 1 atom stereocenters. The van der Waals surface area contributed by atoms with E-state index in [1.54, 1.807) is 19.1 Å². The van der Waals surface area contributed by atoms with Crippen molar-refractivity contribution in [2.24, 2.45) is 0 Å². The zero-order valence-corrected chi connectivity index (χ0v) is 11.0. The number of nitrogens with zero attached hydrogens (tertiary/aromatic N) is 1. The molecule has 0 bridgehead atoms. The van der Waals surface area contributed by atoms with Crippen LogP contribution in [0.2, 0.25) is 0 Å². The number of rotatable bonds is 4. The largest absolute Gasteiger partial charge is 0.305 e. The van der Waals surface area contributed by atoms with Gasteiger partial charge in [0, 0.05) is 6.20 Å². The second-order valence-electron chi connectivity index (χ2n) is 4.37. The van der Waals surface area contributed by atoms with Crippen LogP contribution in [0.4, 0.5) is 8.78 Å². The van der Waals surface area contributed by atoms with Gasteiger partial charge in [0.05, 0.1) is 11.7 Å². The summed E-state index contributed by atoms with van der Waals surface area (Å²) < 4.78 is 27.5. The lowest BCUT2D eigenvalue weighted by molar-refractivity contribution is 0.538. The van der Waals surface area contributed by atoms with E-state index in [-0.39, 0.29) is 11.5 Å². The van der Waals surface area contributed by atoms with Crippen LogP contribution in [0.5, 0.6) is 0 Å². The standard InChI is InChI=1S/C15H16F2N2/c1-3-18-14(15-12(16)5-4-8-19-15)11-7-6-10(2)13(17)9-11/h4-9,14,18H,3H2,1-2H3. The molecule has 1 heterocycles. The highest BCUT2D eigenvalue weighted by Crippen LogP contribution is 2.24. The SMILES string of the molecule is CCNC(c1ccc(C)c(F)c1)c1ncccc1F. The monoisotopic (exact) mass is 262 g/mol. The molecule has 100 valence electrons. The van der Waals surface area contributed by atoms with E-state index >= 15 is 0 Å². The molecule has 0 aliphatic carbocycles. The zero-order valence-electron chi connectivity index (χ0n) is 11.0. The third kappa shape index (κ3) is 2.96. The number of nitrogens with one attached hydrogen (secondary N) is 1. The van der Waals surface area contributed by atoms with Crippen LogP contribution in [-0.2, 0) is 0 Å². The number of aromatic nitrogens is 1. The van der Waals surface area contributed by atoms with Crippen LogP contribution >= 0.6 is 0 Å². The van der Waals surface area contributed by atoms with Crippen molar-refractivity contribution in [3.8, 4) is 0 Å². The third-order valence-electron chi connectivity index (χ3n) is 3.00. The maximum absolute atomic E-state index is 13.8. The first kappa shape index (κ1) is 13.6. The van der Waals surface area contributed by atoms with Crippen molar-refractivity contribution in [3.63, 3.8) is 0 Å². The van der Waals surface area contributed by atoms with Gasteiger partial charge in [-0.05, 0) is 42.8 Å². The average molecular weight is 262 g/mol. The summed E-state index contributed by atoms with van der Waals surface area (Å²) in [7, 11) is 0. The van der Waals surface area contributed by atoms with Gasteiger partial charge in [-0.25, -0.2) is 8.78 Å². The minimum Gasteiger partial charge on any atom is -0.305 e. The summed E-state index contributed by atoms with van der Waals surface area (Å²) in [6, 6.07) is 7.36. The van der Waals surface area contributed by atoms with Crippen LogP contribution < -0.4 is 5.32 Å². The van der Waals surface area contributed by atoms with Crippen LogP contribution in [0.25, 0.3) is 0 Å². The first-order chi connectivity index (χ1) is 9.13. The Morgan fingerprint density at radius 1 is 1.21 bits per heavy atom. The van der Waals surface area contributed by atoms with Crippen LogP contribution in [0.3, 0.4) is 0 Å². The smallest absolute Gasteiger partial charge is 0.146 e. The lowest BCUT2D eigenvalue weighted by Gasteiger charge is -2.18. The molecule has 1 aromatic carbocycles. The lowest BCUT2D eigenvalue weighted by Crippen LogP contribution is -2.24. The molecule has 0 saturated carbocycles. The Bertz CT molecular complexity index is 570. The molecule has 19 heavy (non-hydrogen) atoms. The molecule has 0 radical (unpaired) electrons. The highest BCUT2D eigenvalue weighted by molar-refractivity contribution is 5.31. The van der Waals surface area contributed by atoms with Crippen LogP contribution in [0.15, 0.2) is 36.5 Å². The fraction of sp³-hybridized carbons (Fsp3) is 0.267. The molecule has 1 aromatic heterocycles. The van der Waals surface area contributed by atoms with E-state index in [9.17, 15) is 8.78 Å². The number of halogens is 2. The van der Waals surface area contributed by atoms with Gasteiger partial charge >= 0.3 is 0 Å². The van der Waals surface area contributed by atoms with Gasteiger partial charge in [-0.3, -0.25) is 4.98 Å². The van der Waals surface area contributed by atoms with Gasteiger partial charge in [0.15, 0.2) is 0 Å². The van der Waals surface area contributed by atoms with Crippen molar-refractivity contribution >= 4 is 0 Å². The second-order valence-corrected chi connectivity index (χ2v) is 4.37. The normalized spacial score (nSPS) is 12.4. The quantitative estimate of drug-likeness (QED) is 0.913. The van der Waals surface area contributed by atoms with Gasteiger partial charge in [0.1, 0.15) is 11.6 Å². The summed E-state index contributed by atoms with van der Waals surface area (Å²) in [4.78, 5) is 4.07. The molecule has 2 aromatic rings. The number of benzene rings is 1. The van der Waals surface area contributed by atoms with E-state index in [4.69, 9.17) is 0 Å². The number of pyridine rings is 1. The predicted molar refractivity (Wildman–Crippen MR) is 70.9 cm³/mol. The van der Waals surface area contributed by atoms with Crippen LogP contribution in [0, 0.1) is 18.6 Å². The topological polar surface area (TPSA) is 24.9 Å². The van der Waals surface area contributed by atoms with Crippen molar-refractivity contribution in [2.45, 2.75) is 19.9 Å². The first-order valence-electron chi connectivity index (χ1n) is 6.23. The molecule has 1 N–H and O–H groups in total. The van der Waals surface area contributed by atoms with Gasteiger partial charge in [0.2, 0.25) is 0 Å². The van der Waals surface area contributed by atoms with Crippen molar-refractivity contribution in [1.82, 2.24) is 10.3 Å². The zero-order chi connectivity index (χ0) is 13.8. The summed E-state index contributed by atoms with van der Waals surface area (Å²) in [5.74, 6) is -0.689. The van der Waals surface area contributed by atoms with E-state index in [2.05, 4.69) is 10.3 Å². The molecule has 0 saturated heterocycles. The maximum atomic E-state index is 13.8. The van der Waals surface area contributed by atoms with E-state index in [0.29, 0.717) is 17.7 Å². The summed E-state index contributed by atoms with van der Waals surface area (Å²) in [6.07, 6.45) is 1.54. The molecule has 0 spiro atoms. The highest BCUT2D eigenvalue weighted by atomic mass is 19.1. The second kappa shape index (κ2) is 5.89. The van der Waals surface area contributed by atoms with E-state index in [1.165, 1.54) is 24.4 Å². The molecule has 2 nitrogen and oxygen atoms in total. The maximum Gasteiger partial charge on any atom is 0.146 e. The lowest BCUT2D eigenvalue weighted by atomic mass is 10.0. The van der Waals surface area contributed by atoms with Crippen molar-refractivity contribution in [1.29, 1.82) is 0 Å². The highest BCUT2D eigenvalue weighted by Gasteiger charge is 2.19.